The zero-order chi connectivity index (χ0) is 18.6. The van der Waals surface area contributed by atoms with Gasteiger partial charge in [-0.15, -0.1) is 11.7 Å². The lowest BCUT2D eigenvalue weighted by atomic mass is 10.3. The number of hydrogen-bond acceptors (Lipinski definition) is 8. The summed E-state index contributed by atoms with van der Waals surface area (Å²) in [6, 6.07) is 9.29. The highest BCUT2D eigenvalue weighted by Gasteiger charge is 2.17. The normalized spacial score (nSPS) is 11.1. The average molecular weight is 363 g/mol. The number of hydrogen-bond donors (Lipinski definition) is 1. The number of ether oxygens (including phenoxy) is 1. The van der Waals surface area contributed by atoms with Crippen LogP contribution in [0.2, 0.25) is 0 Å². The summed E-state index contributed by atoms with van der Waals surface area (Å²) < 4.78 is 12.5. The predicted octanol–water partition coefficient (Wildman–Crippen LogP) is 2.21. The molecular formula is C18H17N7O2. The molecule has 0 aliphatic carbocycles. The van der Waals surface area contributed by atoms with Gasteiger partial charge in [-0.3, -0.25) is 4.98 Å². The van der Waals surface area contributed by atoms with Crippen LogP contribution in [0.4, 0.5) is 5.95 Å². The molecule has 0 aromatic carbocycles. The van der Waals surface area contributed by atoms with E-state index >= 15 is 0 Å². The smallest absolute Gasteiger partial charge is 0.222 e. The van der Waals surface area contributed by atoms with E-state index in [1.54, 1.807) is 29.2 Å². The molecule has 0 spiro atoms. The van der Waals surface area contributed by atoms with E-state index < -0.39 is 0 Å². The Morgan fingerprint density at radius 3 is 2.85 bits per heavy atom. The molecule has 4 heterocycles. The van der Waals surface area contributed by atoms with Gasteiger partial charge in [0.15, 0.2) is 16.9 Å². The number of fused-ring (bicyclic) bond motifs is 1. The van der Waals surface area contributed by atoms with E-state index in [2.05, 4.69) is 31.8 Å². The number of nitrogen functional groups attached to an aromatic ring is 1. The molecule has 9 heteroatoms. The maximum atomic E-state index is 5.87. The van der Waals surface area contributed by atoms with E-state index in [-0.39, 0.29) is 5.95 Å². The molecule has 4 rings (SSSR count). The van der Waals surface area contributed by atoms with Crippen molar-refractivity contribution in [2.45, 2.75) is 13.2 Å². The van der Waals surface area contributed by atoms with Crippen LogP contribution < -0.4 is 5.73 Å². The Hall–Kier alpha value is -3.59. The molecule has 0 unspecified atom stereocenters. The van der Waals surface area contributed by atoms with Gasteiger partial charge in [0.25, 0.3) is 0 Å². The zero-order valence-electron chi connectivity index (χ0n) is 14.4. The SMILES string of the molecule is C=CCOCc1cccc(Cn2nnc3c(-c4ccco4)nc(N)nc32)n1. The number of aromatic nitrogens is 6. The maximum Gasteiger partial charge on any atom is 0.222 e. The maximum absolute atomic E-state index is 5.87. The molecule has 4 aromatic heterocycles. The van der Waals surface area contributed by atoms with Gasteiger partial charge < -0.3 is 14.9 Å². The first-order chi connectivity index (χ1) is 13.2. The van der Waals surface area contributed by atoms with Gasteiger partial charge in [0.2, 0.25) is 5.95 Å². The van der Waals surface area contributed by atoms with Gasteiger partial charge in [-0.1, -0.05) is 17.4 Å². The van der Waals surface area contributed by atoms with Crippen LogP contribution in [0.15, 0.2) is 53.7 Å². The fraction of sp³-hybridized carbons (Fsp3) is 0.167. The molecule has 27 heavy (non-hydrogen) atoms. The minimum atomic E-state index is 0.122. The average Bonchev–Trinajstić information content (AvgIpc) is 3.33. The summed E-state index contributed by atoms with van der Waals surface area (Å²) in [6.45, 7) is 4.91. The van der Waals surface area contributed by atoms with Crippen LogP contribution in [0.3, 0.4) is 0 Å². The topological polar surface area (TPSA) is 118 Å². The lowest BCUT2D eigenvalue weighted by molar-refractivity contribution is 0.146. The van der Waals surface area contributed by atoms with Crippen LogP contribution in [-0.2, 0) is 17.9 Å². The Bertz CT molecular complexity index is 1070. The van der Waals surface area contributed by atoms with Crippen LogP contribution in [0.1, 0.15) is 11.4 Å². The molecule has 9 nitrogen and oxygen atoms in total. The monoisotopic (exact) mass is 363 g/mol. The number of furan rings is 1. The summed E-state index contributed by atoms with van der Waals surface area (Å²) in [5, 5.41) is 8.39. The van der Waals surface area contributed by atoms with Crippen LogP contribution in [0, 0.1) is 0 Å². The number of anilines is 1. The van der Waals surface area contributed by atoms with Gasteiger partial charge in [0.05, 0.1) is 37.4 Å². The van der Waals surface area contributed by atoms with Crippen molar-refractivity contribution in [3.8, 4) is 11.5 Å². The molecule has 0 aliphatic rings. The van der Waals surface area contributed by atoms with Crippen molar-refractivity contribution in [3.05, 3.63) is 60.6 Å². The molecular weight excluding hydrogens is 346 g/mol. The molecule has 4 aromatic rings. The molecule has 0 saturated carbocycles. The van der Waals surface area contributed by atoms with Crippen LogP contribution in [0.25, 0.3) is 22.6 Å². The highest BCUT2D eigenvalue weighted by Crippen LogP contribution is 2.25. The van der Waals surface area contributed by atoms with Gasteiger partial charge >= 0.3 is 0 Å². The third kappa shape index (κ3) is 3.53. The third-order valence-corrected chi connectivity index (χ3v) is 3.80. The minimum absolute atomic E-state index is 0.122. The largest absolute Gasteiger partial charge is 0.463 e. The second-order valence-electron chi connectivity index (χ2n) is 5.75. The molecule has 136 valence electrons. The quantitative estimate of drug-likeness (QED) is 0.392. The number of pyridine rings is 1. The predicted molar refractivity (Wildman–Crippen MR) is 98.4 cm³/mol. The summed E-state index contributed by atoms with van der Waals surface area (Å²) in [5.41, 5.74) is 9.04. The second kappa shape index (κ2) is 7.34. The lowest BCUT2D eigenvalue weighted by Gasteiger charge is -2.06. The Morgan fingerprint density at radius 2 is 2.04 bits per heavy atom. The van der Waals surface area contributed by atoms with Crippen molar-refractivity contribution in [2.75, 3.05) is 12.3 Å². The molecule has 0 radical (unpaired) electrons. The van der Waals surface area contributed by atoms with Crippen molar-refractivity contribution in [2.24, 2.45) is 0 Å². The highest BCUT2D eigenvalue weighted by atomic mass is 16.5. The van der Waals surface area contributed by atoms with Crippen LogP contribution in [-0.4, -0.2) is 36.6 Å². The second-order valence-corrected chi connectivity index (χ2v) is 5.75. The van der Waals surface area contributed by atoms with E-state index in [0.29, 0.717) is 42.4 Å². The Morgan fingerprint density at radius 1 is 1.15 bits per heavy atom. The number of nitrogens with zero attached hydrogens (tertiary/aromatic N) is 6. The van der Waals surface area contributed by atoms with Crippen LogP contribution in [0.5, 0.6) is 0 Å². The fourth-order valence-electron chi connectivity index (χ4n) is 2.66. The standard InChI is InChI=1S/C18H17N7O2/c1-2-8-26-11-13-6-3-5-12(20-13)10-25-17-16(23-24-25)15(21-18(19)22-17)14-7-4-9-27-14/h2-7,9H,1,8,10-11H2,(H2,19,21,22). The van der Waals surface area contributed by atoms with E-state index in [1.165, 1.54) is 0 Å². The summed E-state index contributed by atoms with van der Waals surface area (Å²) in [5.74, 6) is 0.678. The molecule has 2 N–H and O–H groups in total. The molecule has 0 bridgehead atoms. The van der Waals surface area contributed by atoms with E-state index in [1.807, 2.05) is 18.2 Å². The first-order valence-electron chi connectivity index (χ1n) is 8.28. The first kappa shape index (κ1) is 16.9. The minimum Gasteiger partial charge on any atom is -0.463 e. The molecule has 0 amide bonds. The van der Waals surface area contributed by atoms with Gasteiger partial charge in [0.1, 0.15) is 5.69 Å². The first-order valence-corrected chi connectivity index (χ1v) is 8.28. The van der Waals surface area contributed by atoms with Gasteiger partial charge in [-0.25, -0.2) is 9.67 Å². The molecule has 0 atom stereocenters. The van der Waals surface area contributed by atoms with Crippen molar-refractivity contribution in [1.29, 1.82) is 0 Å². The van der Waals surface area contributed by atoms with Crippen molar-refractivity contribution in [1.82, 2.24) is 29.9 Å². The van der Waals surface area contributed by atoms with E-state index in [4.69, 9.17) is 14.9 Å². The zero-order valence-corrected chi connectivity index (χ0v) is 14.4. The lowest BCUT2D eigenvalue weighted by Crippen LogP contribution is -2.07. The third-order valence-electron chi connectivity index (χ3n) is 3.80. The van der Waals surface area contributed by atoms with Gasteiger partial charge in [-0.05, 0) is 24.3 Å². The molecule has 0 aliphatic heterocycles. The highest BCUT2D eigenvalue weighted by molar-refractivity contribution is 5.85. The fourth-order valence-corrected chi connectivity index (χ4v) is 2.66. The summed E-state index contributed by atoms with van der Waals surface area (Å²) in [7, 11) is 0. The van der Waals surface area contributed by atoms with Gasteiger partial charge in [-0.2, -0.15) is 4.98 Å². The van der Waals surface area contributed by atoms with Gasteiger partial charge in [0, 0.05) is 0 Å². The summed E-state index contributed by atoms with van der Waals surface area (Å²) in [4.78, 5) is 13.1. The Kier molecular flexibility index (Phi) is 4.58. The number of rotatable bonds is 7. The van der Waals surface area contributed by atoms with Crippen molar-refractivity contribution >= 4 is 17.1 Å². The van der Waals surface area contributed by atoms with Crippen LogP contribution >= 0.6 is 0 Å². The van der Waals surface area contributed by atoms with Crippen molar-refractivity contribution < 1.29 is 9.15 Å². The summed E-state index contributed by atoms with van der Waals surface area (Å²) in [6.07, 6.45) is 3.26. The molecule has 0 saturated heterocycles. The van der Waals surface area contributed by atoms with E-state index in [9.17, 15) is 0 Å². The number of nitrogens with two attached hydrogens (primary N) is 1. The Balaban J connectivity index is 1.65. The summed E-state index contributed by atoms with van der Waals surface area (Å²) >= 11 is 0. The van der Waals surface area contributed by atoms with Crippen molar-refractivity contribution in [3.63, 3.8) is 0 Å². The molecule has 0 fully saturated rings. The Labute approximate surface area is 154 Å². The van der Waals surface area contributed by atoms with E-state index in [0.717, 1.165) is 11.4 Å².